The molecule has 4 nitrogen and oxygen atoms in total. The SMILES string of the molecule is COc1cc(C2CC(=O)Nc3c(-c4cccc(F)c4)csc32)ccc1OCC(C)C. The van der Waals surface area contributed by atoms with E-state index in [0.717, 1.165) is 27.3 Å². The quantitative estimate of drug-likeness (QED) is 0.521. The highest BCUT2D eigenvalue weighted by Gasteiger charge is 2.31. The molecule has 4 rings (SSSR count). The van der Waals surface area contributed by atoms with Gasteiger partial charge in [-0.15, -0.1) is 11.3 Å². The number of methoxy groups -OCH3 is 1. The summed E-state index contributed by atoms with van der Waals surface area (Å²) < 4.78 is 25.1. The van der Waals surface area contributed by atoms with E-state index in [-0.39, 0.29) is 17.6 Å². The molecule has 30 heavy (non-hydrogen) atoms. The number of carbonyl (C=O) groups is 1. The Morgan fingerprint density at radius 2 is 2.03 bits per heavy atom. The predicted octanol–water partition coefficient (Wildman–Crippen LogP) is 6.07. The average Bonchev–Trinajstić information content (AvgIpc) is 3.15. The molecule has 3 aromatic rings. The topological polar surface area (TPSA) is 47.6 Å². The van der Waals surface area contributed by atoms with Gasteiger partial charge in [-0.05, 0) is 41.3 Å². The van der Waals surface area contributed by atoms with Gasteiger partial charge in [0.2, 0.25) is 5.91 Å². The number of hydrogen-bond donors (Lipinski definition) is 1. The van der Waals surface area contributed by atoms with Gasteiger partial charge in [0.05, 0.1) is 19.4 Å². The van der Waals surface area contributed by atoms with Crippen LogP contribution in [0.3, 0.4) is 0 Å². The molecule has 0 fully saturated rings. The lowest BCUT2D eigenvalue weighted by molar-refractivity contribution is -0.116. The van der Waals surface area contributed by atoms with Crippen LogP contribution in [0, 0.1) is 11.7 Å². The molecule has 1 unspecified atom stereocenters. The van der Waals surface area contributed by atoms with Crippen molar-refractivity contribution in [2.24, 2.45) is 5.92 Å². The third-order valence-corrected chi connectivity index (χ3v) is 6.18. The molecule has 1 amide bonds. The van der Waals surface area contributed by atoms with Gasteiger partial charge in [0.1, 0.15) is 5.82 Å². The van der Waals surface area contributed by atoms with E-state index in [1.54, 1.807) is 24.5 Å². The van der Waals surface area contributed by atoms with E-state index in [4.69, 9.17) is 9.47 Å². The third kappa shape index (κ3) is 4.05. The molecule has 0 radical (unpaired) electrons. The summed E-state index contributed by atoms with van der Waals surface area (Å²) in [6.07, 6.45) is 0.353. The van der Waals surface area contributed by atoms with Gasteiger partial charge in [-0.2, -0.15) is 0 Å². The highest BCUT2D eigenvalue weighted by atomic mass is 32.1. The molecule has 0 aliphatic carbocycles. The van der Waals surface area contributed by atoms with E-state index < -0.39 is 0 Å². The minimum atomic E-state index is -0.298. The standard InChI is InChI=1S/C24H24FNO3S/c1-14(2)12-29-20-8-7-16(10-21(20)28-3)18-11-22(27)26-23-19(13-30-24(18)23)15-5-4-6-17(25)9-15/h4-10,13-14,18H,11-12H2,1-3H3,(H,26,27). The maximum absolute atomic E-state index is 13.7. The first-order chi connectivity index (χ1) is 14.5. The van der Waals surface area contributed by atoms with Crippen molar-refractivity contribution in [2.75, 3.05) is 19.0 Å². The summed E-state index contributed by atoms with van der Waals surface area (Å²) in [6, 6.07) is 12.3. The van der Waals surface area contributed by atoms with Crippen molar-refractivity contribution in [3.05, 3.63) is 64.1 Å². The van der Waals surface area contributed by atoms with Crippen LogP contribution in [0.25, 0.3) is 11.1 Å². The average molecular weight is 426 g/mol. The normalized spacial score (nSPS) is 15.6. The monoisotopic (exact) mass is 425 g/mol. The van der Waals surface area contributed by atoms with Gasteiger partial charge >= 0.3 is 0 Å². The van der Waals surface area contributed by atoms with Crippen LogP contribution in [-0.4, -0.2) is 19.6 Å². The van der Waals surface area contributed by atoms with Gasteiger partial charge in [0.25, 0.3) is 0 Å². The summed E-state index contributed by atoms with van der Waals surface area (Å²) in [5, 5.41) is 4.97. The van der Waals surface area contributed by atoms with Gasteiger partial charge in [-0.3, -0.25) is 4.79 Å². The number of anilines is 1. The summed E-state index contributed by atoms with van der Waals surface area (Å²) in [4.78, 5) is 13.6. The van der Waals surface area contributed by atoms with E-state index in [1.807, 2.05) is 29.6 Å². The molecular formula is C24H24FNO3S. The zero-order chi connectivity index (χ0) is 21.3. The fourth-order valence-corrected chi connectivity index (χ4v) is 4.80. The minimum Gasteiger partial charge on any atom is -0.493 e. The first kappa shape index (κ1) is 20.4. The number of fused-ring (bicyclic) bond motifs is 1. The van der Waals surface area contributed by atoms with E-state index in [0.29, 0.717) is 30.4 Å². The highest BCUT2D eigenvalue weighted by molar-refractivity contribution is 7.11. The van der Waals surface area contributed by atoms with Crippen molar-refractivity contribution in [2.45, 2.75) is 26.2 Å². The molecule has 0 spiro atoms. The number of hydrogen-bond acceptors (Lipinski definition) is 4. The smallest absolute Gasteiger partial charge is 0.225 e. The van der Waals surface area contributed by atoms with Gasteiger partial charge in [0, 0.05) is 28.2 Å². The molecule has 1 aliphatic rings. The van der Waals surface area contributed by atoms with Crippen molar-refractivity contribution >= 4 is 22.9 Å². The Morgan fingerprint density at radius 3 is 2.77 bits per heavy atom. The zero-order valence-corrected chi connectivity index (χ0v) is 18.0. The molecule has 0 saturated carbocycles. The lowest BCUT2D eigenvalue weighted by Crippen LogP contribution is -2.22. The number of nitrogens with one attached hydrogen (secondary N) is 1. The molecule has 2 heterocycles. The number of benzene rings is 2. The van der Waals surface area contributed by atoms with Crippen LogP contribution in [0.1, 0.15) is 36.6 Å². The molecule has 1 aliphatic heterocycles. The third-order valence-electron chi connectivity index (χ3n) is 5.09. The van der Waals surface area contributed by atoms with Crippen molar-refractivity contribution in [3.8, 4) is 22.6 Å². The Hall–Kier alpha value is -2.86. The lowest BCUT2D eigenvalue weighted by Gasteiger charge is -2.24. The second-order valence-corrected chi connectivity index (χ2v) is 8.73. The number of thiophene rings is 1. The van der Waals surface area contributed by atoms with Crippen LogP contribution in [0.4, 0.5) is 10.1 Å². The molecule has 2 aromatic carbocycles. The second-order valence-electron chi connectivity index (χ2n) is 7.82. The Labute approximate surface area is 179 Å². The Balaban J connectivity index is 1.71. The molecular weight excluding hydrogens is 401 g/mol. The van der Waals surface area contributed by atoms with Crippen LogP contribution < -0.4 is 14.8 Å². The first-order valence-corrected chi connectivity index (χ1v) is 10.8. The van der Waals surface area contributed by atoms with Crippen molar-refractivity contribution in [1.29, 1.82) is 0 Å². The fourth-order valence-electron chi connectivity index (χ4n) is 3.64. The van der Waals surface area contributed by atoms with Gasteiger partial charge in [-0.1, -0.05) is 32.0 Å². The molecule has 156 valence electrons. The molecule has 0 saturated heterocycles. The van der Waals surface area contributed by atoms with Crippen LogP contribution in [-0.2, 0) is 4.79 Å². The Bertz CT molecular complexity index is 1080. The summed E-state index contributed by atoms with van der Waals surface area (Å²) in [5.74, 6) is 1.32. The molecule has 1 N–H and O–H groups in total. The van der Waals surface area contributed by atoms with Crippen LogP contribution in [0.5, 0.6) is 11.5 Å². The van der Waals surface area contributed by atoms with E-state index >= 15 is 0 Å². The maximum atomic E-state index is 13.7. The van der Waals surface area contributed by atoms with Crippen molar-refractivity contribution in [1.82, 2.24) is 0 Å². The van der Waals surface area contributed by atoms with Gasteiger partial charge in [-0.25, -0.2) is 4.39 Å². The van der Waals surface area contributed by atoms with Crippen LogP contribution in [0.2, 0.25) is 0 Å². The number of rotatable bonds is 6. The van der Waals surface area contributed by atoms with E-state index in [1.165, 1.54) is 12.1 Å². The summed E-state index contributed by atoms with van der Waals surface area (Å²) >= 11 is 1.58. The van der Waals surface area contributed by atoms with Crippen molar-refractivity contribution < 1.29 is 18.7 Å². The minimum absolute atomic E-state index is 0.0531. The highest BCUT2D eigenvalue weighted by Crippen LogP contribution is 2.47. The maximum Gasteiger partial charge on any atom is 0.225 e. The number of carbonyl (C=O) groups excluding carboxylic acids is 1. The second kappa shape index (κ2) is 8.48. The lowest BCUT2D eigenvalue weighted by atomic mass is 9.89. The van der Waals surface area contributed by atoms with Crippen LogP contribution in [0.15, 0.2) is 47.8 Å². The molecule has 6 heteroatoms. The summed E-state index contributed by atoms with van der Waals surface area (Å²) in [6.45, 7) is 4.79. The van der Waals surface area contributed by atoms with Gasteiger partial charge in [0.15, 0.2) is 11.5 Å². The number of ether oxygens (including phenoxy) is 2. The van der Waals surface area contributed by atoms with E-state index in [9.17, 15) is 9.18 Å². The molecule has 1 aromatic heterocycles. The van der Waals surface area contributed by atoms with Crippen LogP contribution >= 0.6 is 11.3 Å². The number of halogens is 1. The Morgan fingerprint density at radius 1 is 1.20 bits per heavy atom. The largest absolute Gasteiger partial charge is 0.493 e. The zero-order valence-electron chi connectivity index (χ0n) is 17.2. The first-order valence-electron chi connectivity index (χ1n) is 9.94. The van der Waals surface area contributed by atoms with Crippen molar-refractivity contribution in [3.63, 3.8) is 0 Å². The summed E-state index contributed by atoms with van der Waals surface area (Å²) in [7, 11) is 1.62. The predicted molar refractivity (Wildman–Crippen MR) is 118 cm³/mol. The van der Waals surface area contributed by atoms with E-state index in [2.05, 4.69) is 19.2 Å². The molecule has 1 atom stereocenters. The number of amides is 1. The fraction of sp³-hybridized carbons (Fsp3) is 0.292. The molecule has 0 bridgehead atoms. The van der Waals surface area contributed by atoms with Gasteiger partial charge < -0.3 is 14.8 Å². The summed E-state index contributed by atoms with van der Waals surface area (Å²) in [5.41, 5.74) is 3.36. The Kier molecular flexibility index (Phi) is 5.77.